The van der Waals surface area contributed by atoms with Crippen molar-refractivity contribution in [3.05, 3.63) is 23.0 Å². The van der Waals surface area contributed by atoms with Crippen LogP contribution >= 0.6 is 0 Å². The van der Waals surface area contributed by atoms with E-state index in [1.807, 2.05) is 13.8 Å². The third-order valence-corrected chi connectivity index (χ3v) is 1.55. The molecule has 0 saturated carbocycles. The van der Waals surface area contributed by atoms with E-state index in [4.69, 9.17) is 6.42 Å². The molecule has 1 aromatic heterocycles. The van der Waals surface area contributed by atoms with E-state index < -0.39 is 0 Å². The summed E-state index contributed by atoms with van der Waals surface area (Å²) in [5.74, 6) is 2.62. The molecule has 0 aliphatic rings. The van der Waals surface area contributed by atoms with Crippen LogP contribution in [0.4, 0.5) is 0 Å². The lowest BCUT2D eigenvalue weighted by Crippen LogP contribution is -1.80. The van der Waals surface area contributed by atoms with Gasteiger partial charge in [0, 0.05) is 17.8 Å². The molecule has 0 aliphatic heterocycles. The van der Waals surface area contributed by atoms with Gasteiger partial charge in [0.25, 0.3) is 0 Å². The SMILES string of the molecule is C#CCc1cc(C)[nH]c1C. The number of H-pyrrole nitrogens is 1. The van der Waals surface area contributed by atoms with Crippen molar-refractivity contribution >= 4 is 0 Å². The number of aromatic nitrogens is 1. The number of hydrogen-bond acceptors (Lipinski definition) is 0. The van der Waals surface area contributed by atoms with E-state index in [1.165, 1.54) is 17.0 Å². The molecule has 1 N–H and O–H groups in total. The fourth-order valence-corrected chi connectivity index (χ4v) is 1.08. The summed E-state index contributed by atoms with van der Waals surface area (Å²) in [5.41, 5.74) is 3.61. The molecule has 0 bridgehead atoms. The van der Waals surface area contributed by atoms with Crippen molar-refractivity contribution in [1.82, 2.24) is 4.98 Å². The van der Waals surface area contributed by atoms with Crippen LogP contribution in [0.1, 0.15) is 17.0 Å². The van der Waals surface area contributed by atoms with Gasteiger partial charge in [-0.1, -0.05) is 0 Å². The Kier molecular flexibility index (Phi) is 1.82. The zero-order chi connectivity index (χ0) is 7.56. The Morgan fingerprint density at radius 3 is 2.70 bits per heavy atom. The van der Waals surface area contributed by atoms with E-state index in [0.29, 0.717) is 0 Å². The highest BCUT2D eigenvalue weighted by molar-refractivity contribution is 5.27. The fourth-order valence-electron chi connectivity index (χ4n) is 1.08. The summed E-state index contributed by atoms with van der Waals surface area (Å²) >= 11 is 0. The second kappa shape index (κ2) is 2.62. The van der Waals surface area contributed by atoms with Crippen LogP contribution in [0.25, 0.3) is 0 Å². The van der Waals surface area contributed by atoms with Gasteiger partial charge >= 0.3 is 0 Å². The number of rotatable bonds is 1. The summed E-state index contributed by atoms with van der Waals surface area (Å²) in [4.78, 5) is 3.20. The van der Waals surface area contributed by atoms with E-state index >= 15 is 0 Å². The first-order chi connectivity index (χ1) is 4.74. The molecule has 0 aromatic carbocycles. The summed E-state index contributed by atoms with van der Waals surface area (Å²) in [6.07, 6.45) is 5.91. The van der Waals surface area contributed by atoms with Crippen LogP contribution in [0, 0.1) is 26.2 Å². The van der Waals surface area contributed by atoms with Gasteiger partial charge < -0.3 is 4.98 Å². The minimum absolute atomic E-state index is 0.732. The normalized spacial score (nSPS) is 9.30. The smallest absolute Gasteiger partial charge is 0.0355 e. The van der Waals surface area contributed by atoms with Crippen LogP contribution < -0.4 is 0 Å². The predicted octanol–water partition coefficient (Wildman–Crippen LogP) is 1.81. The van der Waals surface area contributed by atoms with Crippen LogP contribution in [0.5, 0.6) is 0 Å². The highest BCUT2D eigenvalue weighted by Crippen LogP contribution is 2.08. The van der Waals surface area contributed by atoms with Crippen molar-refractivity contribution in [2.75, 3.05) is 0 Å². The largest absolute Gasteiger partial charge is 0.362 e. The highest BCUT2D eigenvalue weighted by Gasteiger charge is 1.97. The minimum atomic E-state index is 0.732. The van der Waals surface area contributed by atoms with Crippen molar-refractivity contribution in [3.63, 3.8) is 0 Å². The molecule has 10 heavy (non-hydrogen) atoms. The van der Waals surface area contributed by atoms with E-state index in [9.17, 15) is 0 Å². The average Bonchev–Trinajstić information content (AvgIpc) is 2.13. The topological polar surface area (TPSA) is 15.8 Å². The van der Waals surface area contributed by atoms with E-state index in [0.717, 1.165) is 6.42 Å². The summed E-state index contributed by atoms with van der Waals surface area (Å²) in [5, 5.41) is 0. The van der Waals surface area contributed by atoms with E-state index in [2.05, 4.69) is 17.0 Å². The lowest BCUT2D eigenvalue weighted by Gasteiger charge is -1.88. The van der Waals surface area contributed by atoms with Crippen molar-refractivity contribution in [2.24, 2.45) is 0 Å². The Bertz CT molecular complexity index is 263. The molecule has 1 aromatic rings. The first kappa shape index (κ1) is 6.95. The first-order valence-electron chi connectivity index (χ1n) is 3.32. The molecule has 0 unspecified atom stereocenters. The molecule has 0 saturated heterocycles. The Balaban J connectivity index is 2.94. The van der Waals surface area contributed by atoms with Crippen LogP contribution in [-0.4, -0.2) is 4.98 Å². The summed E-state index contributed by atoms with van der Waals surface area (Å²) in [6, 6.07) is 2.09. The van der Waals surface area contributed by atoms with Crippen molar-refractivity contribution in [2.45, 2.75) is 20.3 Å². The second-order valence-electron chi connectivity index (χ2n) is 2.48. The van der Waals surface area contributed by atoms with Crippen LogP contribution in [-0.2, 0) is 6.42 Å². The molecule has 1 heterocycles. The van der Waals surface area contributed by atoms with Crippen molar-refractivity contribution < 1.29 is 0 Å². The second-order valence-corrected chi connectivity index (χ2v) is 2.48. The van der Waals surface area contributed by atoms with Gasteiger partial charge in [0.1, 0.15) is 0 Å². The molecule has 1 rings (SSSR count). The highest BCUT2D eigenvalue weighted by atomic mass is 14.7. The Hall–Kier alpha value is -1.16. The molecule has 0 amide bonds. The maximum atomic E-state index is 5.17. The zero-order valence-corrected chi connectivity index (χ0v) is 6.36. The van der Waals surface area contributed by atoms with Gasteiger partial charge in [0.15, 0.2) is 0 Å². The Labute approximate surface area is 61.5 Å². The number of aromatic amines is 1. The minimum Gasteiger partial charge on any atom is -0.362 e. The molecular formula is C9H11N. The molecule has 0 fully saturated rings. The third-order valence-electron chi connectivity index (χ3n) is 1.55. The predicted molar refractivity (Wildman–Crippen MR) is 42.8 cm³/mol. The lowest BCUT2D eigenvalue weighted by atomic mass is 10.2. The van der Waals surface area contributed by atoms with Gasteiger partial charge in [-0.25, -0.2) is 0 Å². The number of aryl methyl sites for hydroxylation is 2. The van der Waals surface area contributed by atoms with Gasteiger partial charge in [-0.15, -0.1) is 12.3 Å². The first-order valence-corrected chi connectivity index (χ1v) is 3.32. The third kappa shape index (κ3) is 1.22. The molecule has 0 aliphatic carbocycles. The maximum Gasteiger partial charge on any atom is 0.0355 e. The maximum absolute atomic E-state index is 5.17. The average molecular weight is 133 g/mol. The fraction of sp³-hybridized carbons (Fsp3) is 0.333. The Morgan fingerprint density at radius 2 is 2.30 bits per heavy atom. The standard InChI is InChI=1S/C9H11N/c1-4-5-9-6-7(2)10-8(9)3/h1,6,10H,5H2,2-3H3. The molecular weight excluding hydrogens is 122 g/mol. The Morgan fingerprint density at radius 1 is 1.60 bits per heavy atom. The van der Waals surface area contributed by atoms with Crippen molar-refractivity contribution in [1.29, 1.82) is 0 Å². The number of hydrogen-bond donors (Lipinski definition) is 1. The van der Waals surface area contributed by atoms with Gasteiger partial charge in [-0.05, 0) is 25.5 Å². The van der Waals surface area contributed by atoms with E-state index in [1.54, 1.807) is 0 Å². The molecule has 0 radical (unpaired) electrons. The quantitative estimate of drug-likeness (QED) is 0.562. The van der Waals surface area contributed by atoms with Crippen LogP contribution in [0.3, 0.4) is 0 Å². The zero-order valence-electron chi connectivity index (χ0n) is 6.36. The summed E-state index contributed by atoms with van der Waals surface area (Å²) in [6.45, 7) is 4.08. The van der Waals surface area contributed by atoms with Crippen LogP contribution in [0.2, 0.25) is 0 Å². The van der Waals surface area contributed by atoms with Crippen LogP contribution in [0.15, 0.2) is 6.07 Å². The van der Waals surface area contributed by atoms with Gasteiger partial charge in [0.2, 0.25) is 0 Å². The monoisotopic (exact) mass is 133 g/mol. The number of nitrogens with one attached hydrogen (secondary N) is 1. The van der Waals surface area contributed by atoms with E-state index in [-0.39, 0.29) is 0 Å². The van der Waals surface area contributed by atoms with Crippen molar-refractivity contribution in [3.8, 4) is 12.3 Å². The molecule has 52 valence electrons. The number of terminal acetylenes is 1. The summed E-state index contributed by atoms with van der Waals surface area (Å²) in [7, 11) is 0. The summed E-state index contributed by atoms with van der Waals surface area (Å²) < 4.78 is 0. The van der Waals surface area contributed by atoms with Gasteiger partial charge in [-0.3, -0.25) is 0 Å². The molecule has 0 spiro atoms. The molecule has 1 nitrogen and oxygen atoms in total. The van der Waals surface area contributed by atoms with Gasteiger partial charge in [-0.2, -0.15) is 0 Å². The van der Waals surface area contributed by atoms with Gasteiger partial charge in [0.05, 0.1) is 0 Å². The molecule has 1 heteroatoms. The lowest BCUT2D eigenvalue weighted by molar-refractivity contribution is 1.16. The molecule has 0 atom stereocenters.